The Morgan fingerprint density at radius 1 is 1.38 bits per heavy atom. The first-order valence-electron chi connectivity index (χ1n) is 4.03. The molecule has 0 saturated carbocycles. The molecule has 1 aromatic rings. The molecule has 2 N–H and O–H groups in total. The Kier molecular flexibility index (Phi) is 3.88. The van der Waals surface area contributed by atoms with Crippen LogP contribution in [0.3, 0.4) is 0 Å². The standard InChI is InChI=1S/C8H7Cl2FO4S/c9-5-3-6(12)7(11)4(8(5)13)1-2-16(10,14)15/h3,12-13H,1-2H2. The number of halogens is 3. The molecule has 1 rings (SSSR count). The van der Waals surface area contributed by atoms with Gasteiger partial charge in [0, 0.05) is 22.3 Å². The van der Waals surface area contributed by atoms with Crippen LogP contribution in [0.1, 0.15) is 5.56 Å². The summed E-state index contributed by atoms with van der Waals surface area (Å²) >= 11 is 5.48. The van der Waals surface area contributed by atoms with Gasteiger partial charge in [0.15, 0.2) is 11.6 Å². The van der Waals surface area contributed by atoms with Gasteiger partial charge < -0.3 is 10.2 Å². The van der Waals surface area contributed by atoms with Gasteiger partial charge in [0.1, 0.15) is 5.75 Å². The monoisotopic (exact) mass is 288 g/mol. The third-order valence-electron chi connectivity index (χ3n) is 1.86. The fraction of sp³-hybridized carbons (Fsp3) is 0.250. The lowest BCUT2D eigenvalue weighted by molar-refractivity contribution is 0.414. The molecule has 0 heterocycles. The molecular formula is C8H7Cl2FO4S. The molecule has 0 atom stereocenters. The van der Waals surface area contributed by atoms with E-state index >= 15 is 0 Å². The van der Waals surface area contributed by atoms with Crippen LogP contribution in [0.15, 0.2) is 6.07 Å². The number of phenols is 2. The van der Waals surface area contributed by atoms with Crippen molar-refractivity contribution in [2.75, 3.05) is 5.75 Å². The molecule has 0 radical (unpaired) electrons. The Bertz CT molecular complexity index is 489. The summed E-state index contributed by atoms with van der Waals surface area (Å²) in [5.74, 6) is -3.04. The van der Waals surface area contributed by atoms with E-state index in [1.807, 2.05) is 0 Å². The molecule has 16 heavy (non-hydrogen) atoms. The van der Waals surface area contributed by atoms with Gasteiger partial charge in [-0.05, 0) is 6.42 Å². The van der Waals surface area contributed by atoms with Crippen molar-refractivity contribution in [1.29, 1.82) is 0 Å². The molecular weight excluding hydrogens is 282 g/mol. The quantitative estimate of drug-likeness (QED) is 0.659. The van der Waals surface area contributed by atoms with Crippen LogP contribution in [-0.2, 0) is 15.5 Å². The van der Waals surface area contributed by atoms with Crippen molar-refractivity contribution in [3.63, 3.8) is 0 Å². The largest absolute Gasteiger partial charge is 0.506 e. The van der Waals surface area contributed by atoms with Gasteiger partial charge in [-0.2, -0.15) is 0 Å². The summed E-state index contributed by atoms with van der Waals surface area (Å²) in [5, 5.41) is 18.2. The fourth-order valence-electron chi connectivity index (χ4n) is 1.11. The van der Waals surface area contributed by atoms with E-state index in [1.54, 1.807) is 0 Å². The van der Waals surface area contributed by atoms with Gasteiger partial charge in [-0.25, -0.2) is 12.8 Å². The summed E-state index contributed by atoms with van der Waals surface area (Å²) in [5.41, 5.74) is -0.380. The lowest BCUT2D eigenvalue weighted by Crippen LogP contribution is -2.03. The van der Waals surface area contributed by atoms with E-state index < -0.39 is 32.1 Å². The minimum absolute atomic E-state index is 0.263. The predicted molar refractivity (Wildman–Crippen MR) is 58.1 cm³/mol. The fourth-order valence-corrected chi connectivity index (χ4v) is 2.00. The number of benzene rings is 1. The third kappa shape index (κ3) is 3.13. The molecule has 0 aliphatic carbocycles. The van der Waals surface area contributed by atoms with Crippen LogP contribution in [0.5, 0.6) is 11.5 Å². The van der Waals surface area contributed by atoms with Crippen molar-refractivity contribution in [3.8, 4) is 11.5 Å². The zero-order chi connectivity index (χ0) is 12.5. The molecule has 0 spiro atoms. The molecule has 0 aromatic heterocycles. The number of hydrogen-bond acceptors (Lipinski definition) is 4. The lowest BCUT2D eigenvalue weighted by atomic mass is 10.1. The van der Waals surface area contributed by atoms with Crippen LogP contribution in [0.2, 0.25) is 5.02 Å². The van der Waals surface area contributed by atoms with Gasteiger partial charge in [-0.3, -0.25) is 0 Å². The molecule has 0 amide bonds. The Balaban J connectivity index is 3.13. The van der Waals surface area contributed by atoms with E-state index in [0.717, 1.165) is 6.07 Å². The van der Waals surface area contributed by atoms with Gasteiger partial charge >= 0.3 is 0 Å². The molecule has 0 saturated heterocycles. The normalized spacial score (nSPS) is 11.7. The number of phenolic OH excluding ortho intramolecular Hbond substituents is 2. The highest BCUT2D eigenvalue weighted by Gasteiger charge is 2.18. The van der Waals surface area contributed by atoms with E-state index in [-0.39, 0.29) is 17.0 Å². The highest BCUT2D eigenvalue weighted by Crippen LogP contribution is 2.35. The Hall–Kier alpha value is -0.720. The van der Waals surface area contributed by atoms with E-state index in [0.29, 0.717) is 0 Å². The third-order valence-corrected chi connectivity index (χ3v) is 3.30. The second-order valence-electron chi connectivity index (χ2n) is 3.01. The molecule has 90 valence electrons. The van der Waals surface area contributed by atoms with Crippen molar-refractivity contribution in [2.45, 2.75) is 6.42 Å². The van der Waals surface area contributed by atoms with Gasteiger partial charge in [0.2, 0.25) is 9.05 Å². The average Bonchev–Trinajstić information content (AvgIpc) is 2.13. The maximum atomic E-state index is 13.3. The van der Waals surface area contributed by atoms with Crippen LogP contribution >= 0.6 is 22.3 Å². The summed E-state index contributed by atoms with van der Waals surface area (Å²) in [6.45, 7) is 0. The van der Waals surface area contributed by atoms with E-state index in [1.165, 1.54) is 0 Å². The van der Waals surface area contributed by atoms with Crippen LogP contribution in [0, 0.1) is 5.82 Å². The molecule has 0 bridgehead atoms. The predicted octanol–water partition coefficient (Wildman–Crippen LogP) is 2.00. The van der Waals surface area contributed by atoms with Crippen LogP contribution in [-0.4, -0.2) is 24.4 Å². The highest BCUT2D eigenvalue weighted by molar-refractivity contribution is 8.13. The van der Waals surface area contributed by atoms with Crippen molar-refractivity contribution < 1.29 is 23.0 Å². The topological polar surface area (TPSA) is 74.6 Å². The summed E-state index contributed by atoms with van der Waals surface area (Å²) in [6, 6.07) is 0.824. The minimum atomic E-state index is -3.81. The SMILES string of the molecule is O=S(=O)(Cl)CCc1c(O)c(Cl)cc(O)c1F. The first-order chi connectivity index (χ1) is 7.22. The van der Waals surface area contributed by atoms with E-state index in [4.69, 9.17) is 27.4 Å². The Morgan fingerprint density at radius 2 is 1.94 bits per heavy atom. The van der Waals surface area contributed by atoms with E-state index in [2.05, 4.69) is 0 Å². The summed E-state index contributed by atoms with van der Waals surface area (Å²) < 4.78 is 34.6. The summed E-state index contributed by atoms with van der Waals surface area (Å²) in [4.78, 5) is 0. The molecule has 0 aliphatic heterocycles. The first-order valence-corrected chi connectivity index (χ1v) is 6.89. The maximum absolute atomic E-state index is 13.3. The maximum Gasteiger partial charge on any atom is 0.232 e. The number of hydrogen-bond donors (Lipinski definition) is 2. The van der Waals surface area contributed by atoms with Crippen LogP contribution < -0.4 is 0 Å². The van der Waals surface area contributed by atoms with Gasteiger partial charge in [-0.1, -0.05) is 11.6 Å². The molecule has 0 fully saturated rings. The summed E-state index contributed by atoms with van der Waals surface area (Å²) in [6.07, 6.45) is -0.377. The number of rotatable bonds is 3. The van der Waals surface area contributed by atoms with Gasteiger partial charge in [0.05, 0.1) is 10.8 Å². The molecule has 0 aliphatic rings. The van der Waals surface area contributed by atoms with Crippen LogP contribution in [0.25, 0.3) is 0 Å². The number of aromatic hydroxyl groups is 2. The Labute approximate surface area is 101 Å². The zero-order valence-electron chi connectivity index (χ0n) is 7.74. The van der Waals surface area contributed by atoms with Crippen molar-refractivity contribution >= 4 is 31.3 Å². The van der Waals surface area contributed by atoms with Crippen LogP contribution in [0.4, 0.5) is 4.39 Å². The van der Waals surface area contributed by atoms with Crippen molar-refractivity contribution in [1.82, 2.24) is 0 Å². The zero-order valence-corrected chi connectivity index (χ0v) is 10.1. The molecule has 4 nitrogen and oxygen atoms in total. The second-order valence-corrected chi connectivity index (χ2v) is 6.32. The Morgan fingerprint density at radius 3 is 2.44 bits per heavy atom. The second kappa shape index (κ2) is 4.65. The van der Waals surface area contributed by atoms with E-state index in [9.17, 15) is 17.9 Å². The molecule has 8 heteroatoms. The van der Waals surface area contributed by atoms with Crippen molar-refractivity contribution in [3.05, 3.63) is 22.5 Å². The average molecular weight is 289 g/mol. The summed E-state index contributed by atoms with van der Waals surface area (Å²) in [7, 11) is 1.13. The highest BCUT2D eigenvalue weighted by atomic mass is 35.7. The lowest BCUT2D eigenvalue weighted by Gasteiger charge is -2.08. The minimum Gasteiger partial charge on any atom is -0.506 e. The van der Waals surface area contributed by atoms with Crippen molar-refractivity contribution in [2.24, 2.45) is 0 Å². The molecule has 1 aromatic carbocycles. The molecule has 0 unspecified atom stereocenters. The van der Waals surface area contributed by atoms with Gasteiger partial charge in [-0.15, -0.1) is 0 Å². The first kappa shape index (κ1) is 13.3. The van der Waals surface area contributed by atoms with Gasteiger partial charge in [0.25, 0.3) is 0 Å². The smallest absolute Gasteiger partial charge is 0.232 e.